The van der Waals surface area contributed by atoms with E-state index in [-0.39, 0.29) is 5.91 Å². The summed E-state index contributed by atoms with van der Waals surface area (Å²) in [5, 5.41) is 3.38. The molecule has 0 radical (unpaired) electrons. The number of rotatable bonds is 3. The van der Waals surface area contributed by atoms with Gasteiger partial charge >= 0.3 is 0 Å². The number of thiazole rings is 1. The van der Waals surface area contributed by atoms with E-state index in [1.165, 1.54) is 11.3 Å². The lowest BCUT2D eigenvalue weighted by molar-refractivity contribution is 0.101. The summed E-state index contributed by atoms with van der Waals surface area (Å²) in [5.41, 5.74) is 1.36. The molecule has 3 aromatic rings. The zero-order valence-corrected chi connectivity index (χ0v) is 11.9. The first-order valence-corrected chi connectivity index (χ1v) is 6.87. The zero-order valence-electron chi connectivity index (χ0n) is 11.1. The standard InChI is InChI=1S/C14H13N3O2S/c1-17-8-4-5-9(17)13(18)16-14-15-12-10(19-2)6-3-7-11(12)20-14/h3-8H,1-2H3,(H,15,16,18). The fourth-order valence-electron chi connectivity index (χ4n) is 2.00. The minimum atomic E-state index is -0.171. The second kappa shape index (κ2) is 4.97. The number of fused-ring (bicyclic) bond motifs is 1. The van der Waals surface area contributed by atoms with Crippen LogP contribution in [0.2, 0.25) is 0 Å². The molecule has 5 nitrogen and oxygen atoms in total. The largest absolute Gasteiger partial charge is 0.494 e. The van der Waals surface area contributed by atoms with E-state index in [1.54, 1.807) is 17.7 Å². The molecule has 0 fully saturated rings. The second-order valence-electron chi connectivity index (χ2n) is 4.28. The minimum absolute atomic E-state index is 0.171. The molecule has 2 aromatic heterocycles. The highest BCUT2D eigenvalue weighted by molar-refractivity contribution is 7.22. The molecule has 0 spiro atoms. The molecule has 0 saturated heterocycles. The van der Waals surface area contributed by atoms with Crippen LogP contribution in [0.15, 0.2) is 36.5 Å². The molecule has 1 amide bonds. The Balaban J connectivity index is 1.92. The highest BCUT2D eigenvalue weighted by Crippen LogP contribution is 2.32. The van der Waals surface area contributed by atoms with Gasteiger partial charge in [-0.05, 0) is 24.3 Å². The predicted octanol–water partition coefficient (Wildman–Crippen LogP) is 2.90. The summed E-state index contributed by atoms with van der Waals surface area (Å²) in [6.07, 6.45) is 1.83. The van der Waals surface area contributed by atoms with Crippen molar-refractivity contribution in [2.24, 2.45) is 7.05 Å². The topological polar surface area (TPSA) is 56.1 Å². The van der Waals surface area contributed by atoms with Crippen LogP contribution in [0.1, 0.15) is 10.5 Å². The van der Waals surface area contributed by atoms with E-state index in [0.29, 0.717) is 16.6 Å². The number of carbonyl (C=O) groups excluding carboxylic acids is 1. The Morgan fingerprint density at radius 3 is 2.90 bits per heavy atom. The summed E-state index contributed by atoms with van der Waals surface area (Å²) >= 11 is 1.43. The van der Waals surface area contributed by atoms with Crippen LogP contribution in [-0.2, 0) is 7.05 Å². The first-order chi connectivity index (χ1) is 9.69. The maximum atomic E-state index is 12.1. The number of methoxy groups -OCH3 is 1. The molecule has 0 saturated carbocycles. The van der Waals surface area contributed by atoms with E-state index in [0.717, 1.165) is 10.2 Å². The molecule has 0 atom stereocenters. The number of aryl methyl sites for hydroxylation is 1. The van der Waals surface area contributed by atoms with Crippen LogP contribution in [0, 0.1) is 0 Å². The van der Waals surface area contributed by atoms with E-state index in [4.69, 9.17) is 4.74 Å². The summed E-state index contributed by atoms with van der Waals surface area (Å²) < 4.78 is 8.01. The van der Waals surface area contributed by atoms with Crippen LogP contribution in [0.25, 0.3) is 10.2 Å². The SMILES string of the molecule is COc1cccc2sc(NC(=O)c3cccn3C)nc12. The average molecular weight is 287 g/mol. The number of carbonyl (C=O) groups is 1. The third kappa shape index (κ3) is 2.14. The summed E-state index contributed by atoms with van der Waals surface area (Å²) in [7, 11) is 3.44. The zero-order chi connectivity index (χ0) is 14.1. The number of ether oxygens (including phenoxy) is 1. The van der Waals surface area contributed by atoms with Gasteiger partial charge in [-0.15, -0.1) is 0 Å². The Bertz CT molecular complexity index is 776. The van der Waals surface area contributed by atoms with Gasteiger partial charge in [0.25, 0.3) is 5.91 Å². The number of hydrogen-bond acceptors (Lipinski definition) is 4. The van der Waals surface area contributed by atoms with Crippen molar-refractivity contribution in [3.05, 3.63) is 42.2 Å². The number of nitrogens with one attached hydrogen (secondary N) is 1. The lowest BCUT2D eigenvalue weighted by atomic mass is 10.3. The molecular formula is C14H13N3O2S. The smallest absolute Gasteiger partial charge is 0.274 e. The van der Waals surface area contributed by atoms with Crippen LogP contribution in [-0.4, -0.2) is 22.6 Å². The van der Waals surface area contributed by atoms with Crippen molar-refractivity contribution in [1.29, 1.82) is 0 Å². The van der Waals surface area contributed by atoms with Gasteiger partial charge in [0.1, 0.15) is 17.0 Å². The van der Waals surface area contributed by atoms with Crippen molar-refractivity contribution in [2.45, 2.75) is 0 Å². The number of hydrogen-bond donors (Lipinski definition) is 1. The van der Waals surface area contributed by atoms with E-state index in [1.807, 2.05) is 37.5 Å². The molecule has 20 heavy (non-hydrogen) atoms. The quantitative estimate of drug-likeness (QED) is 0.806. The first kappa shape index (κ1) is 12.7. The van der Waals surface area contributed by atoms with Crippen molar-refractivity contribution in [1.82, 2.24) is 9.55 Å². The normalized spacial score (nSPS) is 10.7. The van der Waals surface area contributed by atoms with E-state index < -0.39 is 0 Å². The molecule has 2 heterocycles. The van der Waals surface area contributed by atoms with Crippen molar-refractivity contribution in [3.63, 3.8) is 0 Å². The van der Waals surface area contributed by atoms with Gasteiger partial charge in [0, 0.05) is 13.2 Å². The second-order valence-corrected chi connectivity index (χ2v) is 5.32. The number of aromatic nitrogens is 2. The lowest BCUT2D eigenvalue weighted by Gasteiger charge is -2.02. The molecule has 0 bridgehead atoms. The van der Waals surface area contributed by atoms with Crippen molar-refractivity contribution >= 4 is 32.6 Å². The maximum Gasteiger partial charge on any atom is 0.274 e. The lowest BCUT2D eigenvalue weighted by Crippen LogP contribution is -2.15. The van der Waals surface area contributed by atoms with Gasteiger partial charge in [0.2, 0.25) is 0 Å². The Labute approximate surface area is 119 Å². The monoisotopic (exact) mass is 287 g/mol. The van der Waals surface area contributed by atoms with Crippen molar-refractivity contribution in [2.75, 3.05) is 12.4 Å². The Kier molecular flexibility index (Phi) is 3.15. The molecule has 3 rings (SSSR count). The molecule has 0 aliphatic heterocycles. The van der Waals surface area contributed by atoms with Gasteiger partial charge < -0.3 is 9.30 Å². The number of para-hydroxylation sites is 1. The number of amides is 1. The molecule has 102 valence electrons. The van der Waals surface area contributed by atoms with Crippen LogP contribution in [0.4, 0.5) is 5.13 Å². The van der Waals surface area contributed by atoms with E-state index in [9.17, 15) is 4.79 Å². The van der Waals surface area contributed by atoms with Crippen molar-refractivity contribution in [3.8, 4) is 5.75 Å². The van der Waals surface area contributed by atoms with E-state index >= 15 is 0 Å². The Morgan fingerprint density at radius 1 is 1.35 bits per heavy atom. The number of nitrogens with zero attached hydrogens (tertiary/aromatic N) is 2. The summed E-state index contributed by atoms with van der Waals surface area (Å²) in [4.78, 5) is 16.5. The average Bonchev–Trinajstić information content (AvgIpc) is 3.03. The van der Waals surface area contributed by atoms with Gasteiger partial charge in [-0.25, -0.2) is 4.98 Å². The molecule has 0 unspecified atom stereocenters. The Hall–Kier alpha value is -2.34. The minimum Gasteiger partial charge on any atom is -0.494 e. The molecule has 6 heteroatoms. The summed E-state index contributed by atoms with van der Waals surface area (Å²) in [5.74, 6) is 0.536. The molecule has 1 aromatic carbocycles. The third-order valence-corrected chi connectivity index (χ3v) is 3.93. The molecule has 0 aliphatic carbocycles. The van der Waals surface area contributed by atoms with Gasteiger partial charge in [-0.3, -0.25) is 10.1 Å². The molecule has 1 N–H and O–H groups in total. The van der Waals surface area contributed by atoms with Gasteiger partial charge in [0.05, 0.1) is 11.8 Å². The van der Waals surface area contributed by atoms with Crippen molar-refractivity contribution < 1.29 is 9.53 Å². The van der Waals surface area contributed by atoms with Crippen LogP contribution in [0.5, 0.6) is 5.75 Å². The van der Waals surface area contributed by atoms with Gasteiger partial charge in [0.15, 0.2) is 5.13 Å². The molecule has 0 aliphatic rings. The predicted molar refractivity (Wildman–Crippen MR) is 79.5 cm³/mol. The third-order valence-electron chi connectivity index (χ3n) is 3.00. The van der Waals surface area contributed by atoms with Crippen LogP contribution in [0.3, 0.4) is 0 Å². The molecular weight excluding hydrogens is 274 g/mol. The summed E-state index contributed by atoms with van der Waals surface area (Å²) in [6.45, 7) is 0. The van der Waals surface area contributed by atoms with Crippen LogP contribution >= 0.6 is 11.3 Å². The van der Waals surface area contributed by atoms with Gasteiger partial charge in [-0.2, -0.15) is 0 Å². The first-order valence-electron chi connectivity index (χ1n) is 6.05. The highest BCUT2D eigenvalue weighted by atomic mass is 32.1. The van der Waals surface area contributed by atoms with Gasteiger partial charge in [-0.1, -0.05) is 17.4 Å². The van der Waals surface area contributed by atoms with E-state index in [2.05, 4.69) is 10.3 Å². The number of anilines is 1. The number of benzene rings is 1. The fraction of sp³-hybridized carbons (Fsp3) is 0.143. The Morgan fingerprint density at radius 2 is 2.20 bits per heavy atom. The summed E-state index contributed by atoms with van der Waals surface area (Å²) in [6, 6.07) is 9.31. The maximum absolute atomic E-state index is 12.1. The fourth-order valence-corrected chi connectivity index (χ4v) is 2.88. The van der Waals surface area contributed by atoms with Crippen LogP contribution < -0.4 is 10.1 Å². The highest BCUT2D eigenvalue weighted by Gasteiger charge is 2.13.